The van der Waals surface area contributed by atoms with Gasteiger partial charge in [0.15, 0.2) is 6.61 Å². The van der Waals surface area contributed by atoms with Crippen LogP contribution in [0, 0.1) is 23.0 Å². The molecule has 2 aromatic carbocycles. The van der Waals surface area contributed by atoms with E-state index in [4.69, 9.17) is 4.74 Å². The number of halogens is 1. The van der Waals surface area contributed by atoms with Crippen molar-refractivity contribution in [1.82, 2.24) is 0 Å². The van der Waals surface area contributed by atoms with Gasteiger partial charge in [-0.3, -0.25) is 14.9 Å². The molecule has 3 rings (SSSR count). The molecule has 0 unspecified atom stereocenters. The standard InChI is InChI=1S/C22H24BrN3O5/c1-14-7-9-25(10-8-14)19-6-3-16(12-20(19)26(29)30)22(28)31-13-21(27)24-17-4-5-18(23)15(2)11-17/h3-6,11-12,14H,7-10,13H2,1-2H3,(H,24,27). The number of hydrogen-bond donors (Lipinski definition) is 1. The number of ether oxygens (including phenoxy) is 1. The van der Waals surface area contributed by atoms with E-state index in [0.29, 0.717) is 17.3 Å². The van der Waals surface area contributed by atoms with Crippen molar-refractivity contribution in [3.05, 3.63) is 62.1 Å². The third-order valence-electron chi connectivity index (χ3n) is 5.31. The Kier molecular flexibility index (Phi) is 7.27. The molecule has 1 heterocycles. The van der Waals surface area contributed by atoms with Crippen molar-refractivity contribution in [3.8, 4) is 0 Å². The first-order valence-electron chi connectivity index (χ1n) is 10.0. The maximum Gasteiger partial charge on any atom is 0.338 e. The lowest BCUT2D eigenvalue weighted by atomic mass is 9.98. The van der Waals surface area contributed by atoms with Gasteiger partial charge in [0.1, 0.15) is 5.69 Å². The molecule has 8 nitrogen and oxygen atoms in total. The molecule has 9 heteroatoms. The van der Waals surface area contributed by atoms with Crippen LogP contribution in [0.5, 0.6) is 0 Å². The molecule has 1 aliphatic heterocycles. The Morgan fingerprint density at radius 3 is 2.58 bits per heavy atom. The maximum absolute atomic E-state index is 12.4. The van der Waals surface area contributed by atoms with Crippen LogP contribution in [-0.2, 0) is 9.53 Å². The van der Waals surface area contributed by atoms with Crippen LogP contribution in [0.4, 0.5) is 17.1 Å². The molecule has 1 N–H and O–H groups in total. The van der Waals surface area contributed by atoms with E-state index in [0.717, 1.165) is 36.0 Å². The zero-order valence-corrected chi connectivity index (χ0v) is 19.0. The highest BCUT2D eigenvalue weighted by Crippen LogP contribution is 2.32. The van der Waals surface area contributed by atoms with Gasteiger partial charge in [-0.2, -0.15) is 0 Å². The topological polar surface area (TPSA) is 102 Å². The van der Waals surface area contributed by atoms with E-state index in [9.17, 15) is 19.7 Å². The number of carbonyl (C=O) groups excluding carboxylic acids is 2. The van der Waals surface area contributed by atoms with E-state index in [-0.39, 0.29) is 11.3 Å². The van der Waals surface area contributed by atoms with Crippen molar-refractivity contribution in [2.24, 2.45) is 5.92 Å². The van der Waals surface area contributed by atoms with Gasteiger partial charge in [0.05, 0.1) is 10.5 Å². The second-order valence-electron chi connectivity index (χ2n) is 7.72. The van der Waals surface area contributed by atoms with Crippen LogP contribution in [0.25, 0.3) is 0 Å². The number of anilines is 2. The highest BCUT2D eigenvalue weighted by molar-refractivity contribution is 9.10. The van der Waals surface area contributed by atoms with Crippen LogP contribution in [-0.4, -0.2) is 36.5 Å². The van der Waals surface area contributed by atoms with Crippen LogP contribution in [0.3, 0.4) is 0 Å². The van der Waals surface area contributed by atoms with Crippen molar-refractivity contribution in [2.45, 2.75) is 26.7 Å². The van der Waals surface area contributed by atoms with Gasteiger partial charge < -0.3 is 15.0 Å². The number of aryl methyl sites for hydroxylation is 1. The molecule has 0 saturated carbocycles. The minimum absolute atomic E-state index is 0.0353. The zero-order chi connectivity index (χ0) is 22.5. The molecular weight excluding hydrogens is 466 g/mol. The summed E-state index contributed by atoms with van der Waals surface area (Å²) in [5.41, 5.74) is 1.92. The molecule has 0 aliphatic carbocycles. The summed E-state index contributed by atoms with van der Waals surface area (Å²) in [4.78, 5) is 37.5. The second kappa shape index (κ2) is 9.91. The highest BCUT2D eigenvalue weighted by atomic mass is 79.9. The van der Waals surface area contributed by atoms with Gasteiger partial charge >= 0.3 is 5.97 Å². The maximum atomic E-state index is 12.4. The Morgan fingerprint density at radius 2 is 1.94 bits per heavy atom. The number of esters is 1. The number of piperidine rings is 1. The normalized spacial score (nSPS) is 14.2. The van der Waals surface area contributed by atoms with Crippen molar-refractivity contribution in [1.29, 1.82) is 0 Å². The van der Waals surface area contributed by atoms with Gasteiger partial charge in [0, 0.05) is 29.3 Å². The van der Waals surface area contributed by atoms with Crippen molar-refractivity contribution in [3.63, 3.8) is 0 Å². The number of nitrogens with one attached hydrogen (secondary N) is 1. The molecule has 0 radical (unpaired) electrons. The Labute approximate surface area is 188 Å². The number of nitrogens with zero attached hydrogens (tertiary/aromatic N) is 2. The SMILES string of the molecule is Cc1cc(NC(=O)COC(=O)c2ccc(N3CCC(C)CC3)c([N+](=O)[O-])c2)ccc1Br. The zero-order valence-electron chi connectivity index (χ0n) is 17.4. The second-order valence-corrected chi connectivity index (χ2v) is 8.57. The molecule has 164 valence electrons. The van der Waals surface area contributed by atoms with E-state index in [1.165, 1.54) is 12.1 Å². The lowest BCUT2D eigenvalue weighted by Crippen LogP contribution is -2.33. The summed E-state index contributed by atoms with van der Waals surface area (Å²) in [5, 5.41) is 14.2. The number of amides is 1. The van der Waals surface area contributed by atoms with Gasteiger partial charge in [-0.25, -0.2) is 4.79 Å². The number of nitro groups is 1. The lowest BCUT2D eigenvalue weighted by molar-refractivity contribution is -0.384. The van der Waals surface area contributed by atoms with Gasteiger partial charge in [-0.15, -0.1) is 0 Å². The van der Waals surface area contributed by atoms with Gasteiger partial charge in [0.25, 0.3) is 11.6 Å². The largest absolute Gasteiger partial charge is 0.452 e. The minimum Gasteiger partial charge on any atom is -0.452 e. The molecule has 0 atom stereocenters. The Hall–Kier alpha value is -2.94. The smallest absolute Gasteiger partial charge is 0.338 e. The molecule has 1 saturated heterocycles. The summed E-state index contributed by atoms with van der Waals surface area (Å²) in [6, 6.07) is 9.61. The van der Waals surface area contributed by atoms with Gasteiger partial charge in [-0.1, -0.05) is 22.9 Å². The molecule has 0 aromatic heterocycles. The fourth-order valence-electron chi connectivity index (χ4n) is 3.45. The van der Waals surface area contributed by atoms with E-state index in [1.807, 2.05) is 11.8 Å². The van der Waals surface area contributed by atoms with E-state index in [2.05, 4.69) is 28.2 Å². The van der Waals surface area contributed by atoms with Gasteiger partial charge in [-0.05, 0) is 61.6 Å². The molecule has 0 spiro atoms. The van der Waals surface area contributed by atoms with Crippen molar-refractivity contribution in [2.75, 3.05) is 29.9 Å². The van der Waals surface area contributed by atoms with Crippen LogP contribution < -0.4 is 10.2 Å². The van der Waals surface area contributed by atoms with Crippen LogP contribution in [0.1, 0.15) is 35.7 Å². The number of hydrogen-bond acceptors (Lipinski definition) is 6. The first-order valence-corrected chi connectivity index (χ1v) is 10.8. The number of rotatable bonds is 6. The monoisotopic (exact) mass is 489 g/mol. The molecule has 2 aromatic rings. The minimum atomic E-state index is -0.788. The molecule has 1 amide bonds. The first kappa shape index (κ1) is 22.7. The molecular formula is C22H24BrN3O5. The molecule has 0 bridgehead atoms. The van der Waals surface area contributed by atoms with Crippen molar-refractivity contribution < 1.29 is 19.2 Å². The third kappa shape index (κ3) is 5.81. The summed E-state index contributed by atoms with van der Waals surface area (Å²) in [5.74, 6) is -0.690. The average molecular weight is 490 g/mol. The summed E-state index contributed by atoms with van der Waals surface area (Å²) < 4.78 is 5.97. The van der Waals surface area contributed by atoms with Crippen LogP contribution in [0.2, 0.25) is 0 Å². The lowest BCUT2D eigenvalue weighted by Gasteiger charge is -2.31. The Morgan fingerprint density at radius 1 is 1.23 bits per heavy atom. The number of benzene rings is 2. The average Bonchev–Trinajstić information content (AvgIpc) is 2.75. The summed E-state index contributed by atoms with van der Waals surface area (Å²) >= 11 is 3.39. The summed E-state index contributed by atoms with van der Waals surface area (Å²) in [6.45, 7) is 5.04. The van der Waals surface area contributed by atoms with Crippen molar-refractivity contribution >= 4 is 44.9 Å². The Bertz CT molecular complexity index is 1000. The number of nitro benzene ring substituents is 1. The van der Waals surface area contributed by atoms with Gasteiger partial charge in [0.2, 0.25) is 0 Å². The van der Waals surface area contributed by atoms with E-state index in [1.54, 1.807) is 24.3 Å². The first-order chi connectivity index (χ1) is 14.7. The third-order valence-corrected chi connectivity index (χ3v) is 6.20. The van der Waals surface area contributed by atoms with Crippen LogP contribution in [0.15, 0.2) is 40.9 Å². The summed E-state index contributed by atoms with van der Waals surface area (Å²) in [6.07, 6.45) is 1.93. The summed E-state index contributed by atoms with van der Waals surface area (Å²) in [7, 11) is 0. The van der Waals surface area contributed by atoms with Crippen LogP contribution >= 0.6 is 15.9 Å². The molecule has 1 fully saturated rings. The number of carbonyl (C=O) groups is 2. The molecule has 31 heavy (non-hydrogen) atoms. The highest BCUT2D eigenvalue weighted by Gasteiger charge is 2.25. The fraction of sp³-hybridized carbons (Fsp3) is 0.364. The fourth-order valence-corrected chi connectivity index (χ4v) is 3.69. The van der Waals surface area contributed by atoms with E-state index < -0.39 is 23.4 Å². The molecule has 1 aliphatic rings. The Balaban J connectivity index is 1.64. The quantitative estimate of drug-likeness (QED) is 0.358. The predicted molar refractivity (Wildman–Crippen MR) is 121 cm³/mol. The predicted octanol–water partition coefficient (Wildman–Crippen LogP) is 4.70. The van der Waals surface area contributed by atoms with E-state index >= 15 is 0 Å².